The minimum absolute atomic E-state index is 0.0206. The van der Waals surface area contributed by atoms with Gasteiger partial charge in [0.25, 0.3) is 0 Å². The van der Waals surface area contributed by atoms with Crippen molar-refractivity contribution in [2.24, 2.45) is 4.99 Å². The maximum absolute atomic E-state index is 12.0. The van der Waals surface area contributed by atoms with Crippen LogP contribution in [0.3, 0.4) is 0 Å². The molecule has 0 aliphatic carbocycles. The van der Waals surface area contributed by atoms with Crippen LogP contribution < -0.4 is 10.6 Å². The molecular weight excluding hydrogens is 390 g/mol. The number of fused-ring (bicyclic) bond motifs is 1. The standard InChI is InChI=1S/C24H35N5O2/c1-19(21-10-9-20-7-4-5-8-22(20)17-21)27-24(26-18-23(30)28(2)3)25-11-6-12-29-13-15-31-16-14-29/h4-5,7-10,17,19H,6,11-16,18H2,1-3H3,(H2,25,26,27). The molecule has 0 aromatic heterocycles. The van der Waals surface area contributed by atoms with E-state index in [1.807, 2.05) is 0 Å². The van der Waals surface area contributed by atoms with Gasteiger partial charge < -0.3 is 20.3 Å². The van der Waals surface area contributed by atoms with Gasteiger partial charge in [0.15, 0.2) is 5.96 Å². The Labute approximate surface area is 185 Å². The minimum Gasteiger partial charge on any atom is -0.379 e. The van der Waals surface area contributed by atoms with E-state index in [-0.39, 0.29) is 18.5 Å². The van der Waals surface area contributed by atoms with E-state index in [1.54, 1.807) is 19.0 Å². The van der Waals surface area contributed by atoms with Gasteiger partial charge in [-0.05, 0) is 42.3 Å². The van der Waals surface area contributed by atoms with Gasteiger partial charge in [-0.3, -0.25) is 9.69 Å². The Morgan fingerprint density at radius 2 is 1.90 bits per heavy atom. The Hall–Kier alpha value is -2.64. The Balaban J connectivity index is 1.60. The Morgan fingerprint density at radius 3 is 2.65 bits per heavy atom. The van der Waals surface area contributed by atoms with Crippen LogP contribution in [0.15, 0.2) is 47.5 Å². The fraction of sp³-hybridized carbons (Fsp3) is 0.500. The molecule has 1 atom stereocenters. The van der Waals surface area contributed by atoms with Crippen molar-refractivity contribution in [1.82, 2.24) is 20.4 Å². The van der Waals surface area contributed by atoms with Crippen LogP contribution in [0.2, 0.25) is 0 Å². The second-order valence-corrected chi connectivity index (χ2v) is 8.16. The maximum atomic E-state index is 12.0. The van der Waals surface area contributed by atoms with E-state index in [4.69, 9.17) is 4.74 Å². The lowest BCUT2D eigenvalue weighted by molar-refractivity contribution is -0.127. The number of carbonyl (C=O) groups is 1. The van der Waals surface area contributed by atoms with Gasteiger partial charge in [-0.15, -0.1) is 0 Å². The Morgan fingerprint density at radius 1 is 1.16 bits per heavy atom. The summed E-state index contributed by atoms with van der Waals surface area (Å²) in [6.45, 7) is 7.68. The largest absolute Gasteiger partial charge is 0.379 e. The smallest absolute Gasteiger partial charge is 0.243 e. The Kier molecular flexibility index (Phi) is 8.67. The molecule has 0 radical (unpaired) electrons. The normalized spacial score (nSPS) is 16.2. The summed E-state index contributed by atoms with van der Waals surface area (Å²) in [4.78, 5) is 20.5. The van der Waals surface area contributed by atoms with Crippen LogP contribution in [0.25, 0.3) is 10.8 Å². The monoisotopic (exact) mass is 425 g/mol. The third-order valence-electron chi connectivity index (χ3n) is 5.55. The molecule has 31 heavy (non-hydrogen) atoms. The topological polar surface area (TPSA) is 69.2 Å². The molecule has 0 spiro atoms. The van der Waals surface area contributed by atoms with Gasteiger partial charge in [0.05, 0.1) is 19.3 Å². The number of hydrogen-bond acceptors (Lipinski definition) is 4. The molecule has 2 aromatic carbocycles. The van der Waals surface area contributed by atoms with Crippen molar-refractivity contribution in [2.45, 2.75) is 19.4 Å². The predicted octanol–water partition coefficient (Wildman–Crippen LogP) is 2.25. The van der Waals surface area contributed by atoms with E-state index >= 15 is 0 Å². The first kappa shape index (κ1) is 23.0. The van der Waals surface area contributed by atoms with Gasteiger partial charge in [-0.25, -0.2) is 4.99 Å². The zero-order valence-corrected chi connectivity index (χ0v) is 18.9. The van der Waals surface area contributed by atoms with Crippen LogP contribution in [0, 0.1) is 0 Å². The molecule has 1 heterocycles. The first-order valence-corrected chi connectivity index (χ1v) is 11.1. The third-order valence-corrected chi connectivity index (χ3v) is 5.55. The highest BCUT2D eigenvalue weighted by atomic mass is 16.5. The summed E-state index contributed by atoms with van der Waals surface area (Å²) in [5, 5.41) is 9.31. The fourth-order valence-corrected chi connectivity index (χ4v) is 3.54. The first-order valence-electron chi connectivity index (χ1n) is 11.1. The lowest BCUT2D eigenvalue weighted by atomic mass is 10.0. The van der Waals surface area contributed by atoms with Crippen molar-refractivity contribution in [3.63, 3.8) is 0 Å². The molecular formula is C24H35N5O2. The van der Waals surface area contributed by atoms with Gasteiger partial charge in [0.2, 0.25) is 5.91 Å². The van der Waals surface area contributed by atoms with E-state index in [2.05, 4.69) is 69.9 Å². The SMILES string of the molecule is CC(NC(=NCC(=O)N(C)C)NCCCN1CCOCC1)c1ccc2ccccc2c1. The fourth-order valence-electron chi connectivity index (χ4n) is 3.54. The van der Waals surface area contributed by atoms with Crippen molar-refractivity contribution in [3.8, 4) is 0 Å². The van der Waals surface area contributed by atoms with E-state index in [1.165, 1.54) is 16.3 Å². The molecule has 1 fully saturated rings. The van der Waals surface area contributed by atoms with Crippen LogP contribution in [-0.2, 0) is 9.53 Å². The number of benzene rings is 2. The van der Waals surface area contributed by atoms with Crippen molar-refractivity contribution >= 4 is 22.6 Å². The number of carbonyl (C=O) groups excluding carboxylic acids is 1. The summed E-state index contributed by atoms with van der Waals surface area (Å²) < 4.78 is 5.41. The van der Waals surface area contributed by atoms with Crippen LogP contribution in [0.1, 0.15) is 24.9 Å². The number of nitrogens with zero attached hydrogens (tertiary/aromatic N) is 3. The number of aliphatic imine (C=N–C) groups is 1. The minimum atomic E-state index is -0.0206. The summed E-state index contributed by atoms with van der Waals surface area (Å²) in [5.74, 6) is 0.644. The van der Waals surface area contributed by atoms with Gasteiger partial charge in [0.1, 0.15) is 6.54 Å². The maximum Gasteiger partial charge on any atom is 0.243 e. The molecule has 1 aliphatic rings. The van der Waals surface area contributed by atoms with E-state index in [0.29, 0.717) is 5.96 Å². The molecule has 3 rings (SSSR count). The number of likely N-dealkylation sites (N-methyl/N-ethyl adjacent to an activating group) is 1. The number of morpholine rings is 1. The molecule has 2 N–H and O–H groups in total. The highest BCUT2D eigenvalue weighted by Crippen LogP contribution is 2.20. The summed E-state index contributed by atoms with van der Waals surface area (Å²) in [6, 6.07) is 14.9. The average molecular weight is 426 g/mol. The summed E-state index contributed by atoms with van der Waals surface area (Å²) in [6.07, 6.45) is 1.01. The van der Waals surface area contributed by atoms with E-state index in [9.17, 15) is 4.79 Å². The lowest BCUT2D eigenvalue weighted by Crippen LogP contribution is -2.42. The summed E-state index contributed by atoms with van der Waals surface area (Å²) in [5.41, 5.74) is 1.18. The van der Waals surface area contributed by atoms with Crippen molar-refractivity contribution in [3.05, 3.63) is 48.0 Å². The number of ether oxygens (including phenoxy) is 1. The average Bonchev–Trinajstić information content (AvgIpc) is 2.80. The van der Waals surface area contributed by atoms with Crippen molar-refractivity contribution in [2.75, 3.05) is 60.0 Å². The van der Waals surface area contributed by atoms with E-state index < -0.39 is 0 Å². The van der Waals surface area contributed by atoms with Crippen LogP contribution in [0.4, 0.5) is 0 Å². The third kappa shape index (κ3) is 7.22. The van der Waals surface area contributed by atoms with Gasteiger partial charge >= 0.3 is 0 Å². The van der Waals surface area contributed by atoms with Crippen LogP contribution in [0.5, 0.6) is 0 Å². The molecule has 1 aliphatic heterocycles. The summed E-state index contributed by atoms with van der Waals surface area (Å²) >= 11 is 0. The highest BCUT2D eigenvalue weighted by molar-refractivity contribution is 5.86. The molecule has 7 heteroatoms. The Bertz CT molecular complexity index is 877. The summed E-state index contributed by atoms with van der Waals surface area (Å²) in [7, 11) is 3.50. The predicted molar refractivity (Wildman–Crippen MR) is 126 cm³/mol. The number of nitrogens with one attached hydrogen (secondary N) is 2. The van der Waals surface area contributed by atoms with Gasteiger partial charge in [0, 0.05) is 33.7 Å². The zero-order valence-electron chi connectivity index (χ0n) is 18.9. The van der Waals surface area contributed by atoms with E-state index in [0.717, 1.165) is 45.8 Å². The number of rotatable bonds is 8. The van der Waals surface area contributed by atoms with Crippen LogP contribution in [-0.4, -0.2) is 81.7 Å². The number of hydrogen-bond donors (Lipinski definition) is 2. The first-order chi connectivity index (χ1) is 15.0. The molecule has 0 saturated carbocycles. The molecule has 1 amide bonds. The van der Waals surface area contributed by atoms with Crippen molar-refractivity contribution in [1.29, 1.82) is 0 Å². The van der Waals surface area contributed by atoms with Crippen molar-refractivity contribution < 1.29 is 9.53 Å². The quantitative estimate of drug-likeness (QED) is 0.386. The van der Waals surface area contributed by atoms with Gasteiger partial charge in [-0.1, -0.05) is 36.4 Å². The molecule has 0 bridgehead atoms. The van der Waals surface area contributed by atoms with Gasteiger partial charge in [-0.2, -0.15) is 0 Å². The number of guanidine groups is 1. The van der Waals surface area contributed by atoms with Crippen LogP contribution >= 0.6 is 0 Å². The molecule has 2 aromatic rings. The highest BCUT2D eigenvalue weighted by Gasteiger charge is 2.12. The second-order valence-electron chi connectivity index (χ2n) is 8.16. The zero-order chi connectivity index (χ0) is 22.1. The molecule has 1 unspecified atom stereocenters. The lowest BCUT2D eigenvalue weighted by Gasteiger charge is -2.26. The second kappa shape index (κ2) is 11.7. The molecule has 7 nitrogen and oxygen atoms in total. The molecule has 1 saturated heterocycles. The molecule has 168 valence electrons. The number of amides is 1.